The van der Waals surface area contributed by atoms with Crippen LogP contribution in [-0.2, 0) is 6.54 Å². The number of pyridine rings is 3. The number of aromatic amines is 2. The molecule has 1 aliphatic heterocycles. The maximum atomic E-state index is 4.72. The van der Waals surface area contributed by atoms with Crippen molar-refractivity contribution in [3.63, 3.8) is 0 Å². The first-order chi connectivity index (χ1) is 17.8. The van der Waals surface area contributed by atoms with E-state index >= 15 is 0 Å². The molecule has 6 aromatic rings. The summed E-state index contributed by atoms with van der Waals surface area (Å²) in [6.07, 6.45) is 13.4. The van der Waals surface area contributed by atoms with Crippen molar-refractivity contribution in [1.29, 1.82) is 0 Å². The number of H-pyrrole nitrogens is 2. The Kier molecular flexibility index (Phi) is 5.33. The van der Waals surface area contributed by atoms with Crippen LogP contribution in [0.2, 0.25) is 0 Å². The van der Waals surface area contributed by atoms with E-state index in [-0.39, 0.29) is 0 Å². The first-order valence-electron chi connectivity index (χ1n) is 12.3. The second kappa shape index (κ2) is 8.96. The monoisotopic (exact) mass is 491 g/mol. The van der Waals surface area contributed by atoms with E-state index < -0.39 is 0 Å². The molecule has 0 radical (unpaired) electrons. The molecule has 0 amide bonds. The SMILES string of the molecule is c1csc(-c2cncc3[nH]c(-c4n[nH]c5cnc(-c6cncc(CN7CCCCC7)c6)cc45)cc23)c1. The maximum Gasteiger partial charge on any atom is 0.116 e. The van der Waals surface area contributed by atoms with Crippen LogP contribution < -0.4 is 0 Å². The van der Waals surface area contributed by atoms with Gasteiger partial charge in [0.15, 0.2) is 0 Å². The van der Waals surface area contributed by atoms with Gasteiger partial charge >= 0.3 is 0 Å². The standard InChI is InChI=1S/C28H25N7S/c1-2-6-35(7-3-1)17-18-9-19(13-29-12-18)23-11-21-26(16-31-23)33-34-28(21)24-10-20-22(27-5-4-8-36-27)14-30-15-25(20)32-24/h4-5,8-16,32H,1-3,6-7,17H2,(H,33,34). The van der Waals surface area contributed by atoms with Crippen LogP contribution >= 0.6 is 11.3 Å². The maximum absolute atomic E-state index is 4.72. The van der Waals surface area contributed by atoms with E-state index in [0.29, 0.717) is 0 Å². The third kappa shape index (κ3) is 3.88. The Labute approximate surface area is 212 Å². The number of nitrogens with one attached hydrogen (secondary N) is 2. The molecule has 2 N–H and O–H groups in total. The molecule has 0 unspecified atom stereocenters. The minimum absolute atomic E-state index is 0.874. The van der Waals surface area contributed by atoms with E-state index in [1.807, 2.05) is 31.0 Å². The molecular formula is C28H25N7S. The Morgan fingerprint density at radius 3 is 2.69 bits per heavy atom. The van der Waals surface area contributed by atoms with Gasteiger partial charge in [0, 0.05) is 51.9 Å². The number of piperidine rings is 1. The Morgan fingerprint density at radius 2 is 1.81 bits per heavy atom. The molecule has 7 rings (SSSR count). The number of hydrogen-bond acceptors (Lipinski definition) is 6. The van der Waals surface area contributed by atoms with Crippen molar-refractivity contribution in [3.8, 4) is 33.1 Å². The molecule has 0 bridgehead atoms. The summed E-state index contributed by atoms with van der Waals surface area (Å²) in [5, 5.41) is 12.1. The van der Waals surface area contributed by atoms with Crippen molar-refractivity contribution in [3.05, 3.63) is 72.3 Å². The first-order valence-corrected chi connectivity index (χ1v) is 13.2. The Hall–Kier alpha value is -3.88. The average molecular weight is 492 g/mol. The number of thiophene rings is 1. The van der Waals surface area contributed by atoms with Gasteiger partial charge in [0.25, 0.3) is 0 Å². The van der Waals surface area contributed by atoms with Crippen LogP contribution in [-0.4, -0.2) is 48.1 Å². The largest absolute Gasteiger partial charge is 0.352 e. The van der Waals surface area contributed by atoms with Crippen LogP contribution in [0.15, 0.2) is 66.7 Å². The highest BCUT2D eigenvalue weighted by atomic mass is 32.1. The molecule has 1 saturated heterocycles. The molecule has 1 fully saturated rings. The molecule has 178 valence electrons. The number of nitrogens with zero attached hydrogens (tertiary/aromatic N) is 5. The molecule has 36 heavy (non-hydrogen) atoms. The Balaban J connectivity index is 1.26. The van der Waals surface area contributed by atoms with Gasteiger partial charge in [0.2, 0.25) is 0 Å². The fourth-order valence-corrected chi connectivity index (χ4v) is 5.93. The summed E-state index contributed by atoms with van der Waals surface area (Å²) in [7, 11) is 0. The van der Waals surface area contributed by atoms with E-state index in [1.165, 1.54) is 42.8 Å². The predicted octanol–water partition coefficient (Wildman–Crippen LogP) is 6.28. The third-order valence-corrected chi connectivity index (χ3v) is 7.88. The van der Waals surface area contributed by atoms with Crippen LogP contribution in [0, 0.1) is 0 Å². The molecule has 0 saturated carbocycles. The summed E-state index contributed by atoms with van der Waals surface area (Å²) in [5.41, 5.74) is 8.01. The molecule has 0 atom stereocenters. The van der Waals surface area contributed by atoms with E-state index in [9.17, 15) is 0 Å². The van der Waals surface area contributed by atoms with Crippen LogP contribution in [0.3, 0.4) is 0 Å². The second-order valence-corrected chi connectivity index (χ2v) is 10.4. The van der Waals surface area contributed by atoms with E-state index in [0.717, 1.165) is 56.6 Å². The summed E-state index contributed by atoms with van der Waals surface area (Å²) in [6, 6.07) is 10.7. The second-order valence-electron chi connectivity index (χ2n) is 9.41. The minimum atomic E-state index is 0.874. The minimum Gasteiger partial charge on any atom is -0.352 e. The zero-order chi connectivity index (χ0) is 23.9. The van der Waals surface area contributed by atoms with Crippen molar-refractivity contribution in [1.82, 2.24) is 35.0 Å². The molecule has 7 heterocycles. The molecule has 0 spiro atoms. The number of rotatable bonds is 5. The molecule has 0 aliphatic carbocycles. The van der Waals surface area contributed by atoms with E-state index in [4.69, 9.17) is 4.98 Å². The van der Waals surface area contributed by atoms with Crippen LogP contribution in [0.1, 0.15) is 24.8 Å². The smallest absolute Gasteiger partial charge is 0.116 e. The number of aromatic nitrogens is 6. The molecule has 1 aliphatic rings. The summed E-state index contributed by atoms with van der Waals surface area (Å²) in [6.45, 7) is 3.28. The van der Waals surface area contributed by atoms with Gasteiger partial charge in [-0.2, -0.15) is 5.10 Å². The van der Waals surface area contributed by atoms with Crippen molar-refractivity contribution in [2.24, 2.45) is 0 Å². The van der Waals surface area contributed by atoms with Crippen LogP contribution in [0.5, 0.6) is 0 Å². The molecule has 6 aromatic heterocycles. The number of hydrogen-bond donors (Lipinski definition) is 2. The summed E-state index contributed by atoms with van der Waals surface area (Å²) in [5.74, 6) is 0. The lowest BCUT2D eigenvalue weighted by Gasteiger charge is -2.26. The van der Waals surface area contributed by atoms with Crippen molar-refractivity contribution < 1.29 is 0 Å². The van der Waals surface area contributed by atoms with Crippen molar-refractivity contribution in [2.75, 3.05) is 13.1 Å². The van der Waals surface area contributed by atoms with Gasteiger partial charge < -0.3 is 4.98 Å². The topological polar surface area (TPSA) is 86.4 Å². The van der Waals surface area contributed by atoms with Crippen molar-refractivity contribution >= 4 is 33.1 Å². The van der Waals surface area contributed by atoms with Gasteiger partial charge in [-0.1, -0.05) is 12.5 Å². The van der Waals surface area contributed by atoms with Gasteiger partial charge in [-0.15, -0.1) is 11.3 Å². The van der Waals surface area contributed by atoms with Gasteiger partial charge in [-0.25, -0.2) is 0 Å². The molecular weight excluding hydrogens is 466 g/mol. The lowest BCUT2D eigenvalue weighted by Crippen LogP contribution is -2.29. The highest BCUT2D eigenvalue weighted by molar-refractivity contribution is 7.13. The normalized spacial score (nSPS) is 14.7. The third-order valence-electron chi connectivity index (χ3n) is 6.98. The highest BCUT2D eigenvalue weighted by Gasteiger charge is 2.16. The van der Waals surface area contributed by atoms with Gasteiger partial charge in [-0.3, -0.25) is 25.0 Å². The van der Waals surface area contributed by atoms with Gasteiger partial charge in [-0.05, 0) is 61.1 Å². The zero-order valence-electron chi connectivity index (χ0n) is 19.7. The molecule has 8 heteroatoms. The van der Waals surface area contributed by atoms with Gasteiger partial charge in [0.05, 0.1) is 34.8 Å². The van der Waals surface area contributed by atoms with Crippen molar-refractivity contribution in [2.45, 2.75) is 25.8 Å². The first kappa shape index (κ1) is 21.4. The zero-order valence-corrected chi connectivity index (χ0v) is 20.6. The Bertz CT molecular complexity index is 1660. The fraction of sp³-hybridized carbons (Fsp3) is 0.214. The lowest BCUT2D eigenvalue weighted by atomic mass is 10.1. The van der Waals surface area contributed by atoms with E-state index in [1.54, 1.807) is 11.3 Å². The van der Waals surface area contributed by atoms with Crippen LogP contribution in [0.4, 0.5) is 0 Å². The average Bonchev–Trinajstić information content (AvgIpc) is 3.68. The summed E-state index contributed by atoms with van der Waals surface area (Å²) < 4.78 is 0. The lowest BCUT2D eigenvalue weighted by molar-refractivity contribution is 0.220. The highest BCUT2D eigenvalue weighted by Crippen LogP contribution is 2.35. The predicted molar refractivity (Wildman–Crippen MR) is 145 cm³/mol. The summed E-state index contributed by atoms with van der Waals surface area (Å²) >= 11 is 1.72. The Morgan fingerprint density at radius 1 is 0.889 bits per heavy atom. The quantitative estimate of drug-likeness (QED) is 0.296. The molecule has 7 nitrogen and oxygen atoms in total. The fourth-order valence-electron chi connectivity index (χ4n) is 5.18. The van der Waals surface area contributed by atoms with Crippen LogP contribution in [0.25, 0.3) is 54.9 Å². The number of likely N-dealkylation sites (tertiary alicyclic amines) is 1. The van der Waals surface area contributed by atoms with Gasteiger partial charge in [0.1, 0.15) is 5.69 Å². The van der Waals surface area contributed by atoms with E-state index in [2.05, 4.69) is 65.8 Å². The number of fused-ring (bicyclic) bond motifs is 2. The molecule has 0 aromatic carbocycles. The summed E-state index contributed by atoms with van der Waals surface area (Å²) in [4.78, 5) is 21.0.